The van der Waals surface area contributed by atoms with Gasteiger partial charge in [-0.05, 0) is 56.8 Å². The Morgan fingerprint density at radius 2 is 1.92 bits per heavy atom. The minimum absolute atomic E-state index is 0. The molecule has 6 nitrogen and oxygen atoms in total. The van der Waals surface area contributed by atoms with Gasteiger partial charge in [0.2, 0.25) is 15.9 Å². The second-order valence-corrected chi connectivity index (χ2v) is 8.88. The van der Waals surface area contributed by atoms with Crippen LogP contribution in [0.5, 0.6) is 0 Å². The zero-order valence-corrected chi connectivity index (χ0v) is 16.8. The second kappa shape index (κ2) is 9.17. The fourth-order valence-corrected chi connectivity index (χ4v) is 5.29. The van der Waals surface area contributed by atoms with E-state index < -0.39 is 10.0 Å². The molecule has 0 spiro atoms. The van der Waals surface area contributed by atoms with Crippen molar-refractivity contribution in [3.8, 4) is 0 Å². The first kappa shape index (κ1) is 21.2. The number of amides is 1. The molecule has 1 atom stereocenters. The molecule has 2 heterocycles. The molecular formula is C18H28ClN3O3S. The number of benzene rings is 1. The van der Waals surface area contributed by atoms with Crippen molar-refractivity contribution < 1.29 is 13.2 Å². The van der Waals surface area contributed by atoms with Crippen LogP contribution < -0.4 is 10.6 Å². The van der Waals surface area contributed by atoms with E-state index in [1.807, 2.05) is 0 Å². The molecule has 0 radical (unpaired) electrons. The Morgan fingerprint density at radius 1 is 1.19 bits per heavy atom. The summed E-state index contributed by atoms with van der Waals surface area (Å²) in [5.74, 6) is -0.102. The summed E-state index contributed by atoms with van der Waals surface area (Å²) in [6.07, 6.45) is 4.74. The van der Waals surface area contributed by atoms with E-state index in [0.29, 0.717) is 35.8 Å². The van der Waals surface area contributed by atoms with Crippen LogP contribution in [0.15, 0.2) is 23.1 Å². The Balaban J connectivity index is 0.00000243. The number of anilines is 1. The van der Waals surface area contributed by atoms with Gasteiger partial charge in [0.25, 0.3) is 0 Å². The lowest BCUT2D eigenvalue weighted by Gasteiger charge is -2.27. The summed E-state index contributed by atoms with van der Waals surface area (Å²) in [7, 11) is -3.51. The molecule has 8 heteroatoms. The van der Waals surface area contributed by atoms with Crippen molar-refractivity contribution in [2.24, 2.45) is 5.92 Å². The van der Waals surface area contributed by atoms with Crippen LogP contribution in [0.1, 0.15) is 37.7 Å². The molecule has 2 saturated heterocycles. The zero-order chi connectivity index (χ0) is 17.9. The molecule has 146 valence electrons. The molecule has 1 amide bonds. The molecule has 2 N–H and O–H groups in total. The fourth-order valence-electron chi connectivity index (χ4n) is 3.52. The maximum Gasteiger partial charge on any atom is 0.243 e. The van der Waals surface area contributed by atoms with Gasteiger partial charge < -0.3 is 10.6 Å². The minimum atomic E-state index is -3.51. The molecule has 2 aliphatic rings. The van der Waals surface area contributed by atoms with Crippen molar-refractivity contribution in [1.29, 1.82) is 0 Å². The Hall–Kier alpha value is -1.15. The third-order valence-electron chi connectivity index (χ3n) is 5.06. The Morgan fingerprint density at radius 3 is 2.58 bits per heavy atom. The highest BCUT2D eigenvalue weighted by molar-refractivity contribution is 7.89. The molecule has 0 bridgehead atoms. The van der Waals surface area contributed by atoms with E-state index in [9.17, 15) is 13.2 Å². The quantitative estimate of drug-likeness (QED) is 0.812. The summed E-state index contributed by atoms with van der Waals surface area (Å²) in [5, 5.41) is 6.12. The van der Waals surface area contributed by atoms with Crippen molar-refractivity contribution in [2.75, 3.05) is 31.5 Å². The average Bonchev–Trinajstić information content (AvgIpc) is 2.64. The van der Waals surface area contributed by atoms with E-state index in [1.165, 1.54) is 0 Å². The lowest BCUT2D eigenvalue weighted by molar-refractivity contribution is -0.120. The van der Waals surface area contributed by atoms with Crippen molar-refractivity contribution in [3.63, 3.8) is 0 Å². The zero-order valence-electron chi connectivity index (χ0n) is 15.2. The van der Waals surface area contributed by atoms with Crippen molar-refractivity contribution in [3.05, 3.63) is 23.8 Å². The predicted molar refractivity (Wildman–Crippen MR) is 105 cm³/mol. The maximum absolute atomic E-state index is 13.0. The molecule has 26 heavy (non-hydrogen) atoms. The van der Waals surface area contributed by atoms with Gasteiger partial charge in [-0.1, -0.05) is 12.5 Å². The molecule has 1 aromatic rings. The third kappa shape index (κ3) is 4.76. The number of aryl methyl sites for hydroxylation is 1. The van der Waals surface area contributed by atoms with Crippen LogP contribution >= 0.6 is 12.4 Å². The van der Waals surface area contributed by atoms with Crippen molar-refractivity contribution in [2.45, 2.75) is 43.9 Å². The van der Waals surface area contributed by atoms with Gasteiger partial charge in [-0.2, -0.15) is 4.31 Å². The summed E-state index contributed by atoms with van der Waals surface area (Å²) in [5.41, 5.74) is 1.26. The molecule has 2 aliphatic heterocycles. The highest BCUT2D eigenvalue weighted by atomic mass is 35.5. The van der Waals surface area contributed by atoms with Gasteiger partial charge in [-0.15, -0.1) is 12.4 Å². The van der Waals surface area contributed by atoms with Gasteiger partial charge in [-0.3, -0.25) is 4.79 Å². The Labute approximate surface area is 162 Å². The third-order valence-corrected chi connectivity index (χ3v) is 7.10. The van der Waals surface area contributed by atoms with E-state index in [2.05, 4.69) is 10.6 Å². The first-order valence-corrected chi connectivity index (χ1v) is 10.5. The smallest absolute Gasteiger partial charge is 0.243 e. The lowest BCUT2D eigenvalue weighted by atomic mass is 9.99. The largest absolute Gasteiger partial charge is 0.326 e. The molecule has 1 unspecified atom stereocenters. The van der Waals surface area contributed by atoms with Gasteiger partial charge in [0, 0.05) is 25.3 Å². The number of halogens is 1. The van der Waals surface area contributed by atoms with Crippen LogP contribution in [0.3, 0.4) is 0 Å². The van der Waals surface area contributed by atoms with E-state index in [1.54, 1.807) is 29.4 Å². The summed E-state index contributed by atoms with van der Waals surface area (Å²) in [4.78, 5) is 12.7. The number of hydrogen-bond donors (Lipinski definition) is 2. The summed E-state index contributed by atoms with van der Waals surface area (Å²) in [6.45, 7) is 4.58. The van der Waals surface area contributed by atoms with Gasteiger partial charge >= 0.3 is 0 Å². The van der Waals surface area contributed by atoms with Crippen LogP contribution in [0.2, 0.25) is 0 Å². The number of nitrogens with one attached hydrogen (secondary N) is 2. The van der Waals surface area contributed by atoms with Crippen LogP contribution in [-0.4, -0.2) is 44.8 Å². The minimum Gasteiger partial charge on any atom is -0.326 e. The molecular weight excluding hydrogens is 374 g/mol. The predicted octanol–water partition coefficient (Wildman–Crippen LogP) is 2.53. The van der Waals surface area contributed by atoms with E-state index in [4.69, 9.17) is 0 Å². The van der Waals surface area contributed by atoms with Gasteiger partial charge in [0.15, 0.2) is 0 Å². The van der Waals surface area contributed by atoms with Crippen LogP contribution in [0.25, 0.3) is 0 Å². The van der Waals surface area contributed by atoms with Crippen LogP contribution in [0, 0.1) is 12.8 Å². The average molecular weight is 402 g/mol. The van der Waals surface area contributed by atoms with Crippen LogP contribution in [-0.2, 0) is 14.8 Å². The number of sulfonamides is 1. The van der Waals surface area contributed by atoms with E-state index in [0.717, 1.165) is 38.6 Å². The number of carbonyl (C=O) groups is 1. The maximum atomic E-state index is 13.0. The Bertz CT molecular complexity index is 727. The highest BCUT2D eigenvalue weighted by Crippen LogP contribution is 2.26. The number of hydrogen-bond acceptors (Lipinski definition) is 4. The van der Waals surface area contributed by atoms with E-state index in [-0.39, 0.29) is 24.2 Å². The number of carbonyl (C=O) groups excluding carboxylic acids is 1. The van der Waals surface area contributed by atoms with Crippen molar-refractivity contribution in [1.82, 2.24) is 9.62 Å². The Kier molecular flexibility index (Phi) is 7.46. The summed E-state index contributed by atoms with van der Waals surface area (Å²) >= 11 is 0. The molecule has 3 rings (SSSR count). The topological polar surface area (TPSA) is 78.5 Å². The van der Waals surface area contributed by atoms with Crippen LogP contribution in [0.4, 0.5) is 5.69 Å². The summed E-state index contributed by atoms with van der Waals surface area (Å²) < 4.78 is 27.5. The monoisotopic (exact) mass is 401 g/mol. The number of nitrogens with zero attached hydrogens (tertiary/aromatic N) is 1. The first-order valence-electron chi connectivity index (χ1n) is 9.11. The molecule has 0 aliphatic carbocycles. The number of rotatable bonds is 4. The molecule has 2 fully saturated rings. The summed E-state index contributed by atoms with van der Waals surface area (Å²) in [6, 6.07) is 5.15. The lowest BCUT2D eigenvalue weighted by Crippen LogP contribution is -2.37. The van der Waals surface area contributed by atoms with E-state index >= 15 is 0 Å². The highest BCUT2D eigenvalue weighted by Gasteiger charge is 2.28. The SMILES string of the molecule is Cc1ccc(NC(=O)C2CCCNC2)cc1S(=O)(=O)N1CCCCC1.Cl. The standard InChI is InChI=1S/C18H27N3O3S.ClH/c1-14-7-8-16(20-18(22)15-6-5-9-19-13-15)12-17(14)25(23,24)21-10-3-2-4-11-21;/h7-8,12,15,19H,2-6,9-11,13H2,1H3,(H,20,22);1H. The molecule has 0 aromatic heterocycles. The van der Waals surface area contributed by atoms with Gasteiger partial charge in [0.05, 0.1) is 10.8 Å². The second-order valence-electron chi connectivity index (χ2n) is 6.98. The fraction of sp³-hybridized carbons (Fsp3) is 0.611. The molecule has 0 saturated carbocycles. The van der Waals surface area contributed by atoms with Crippen molar-refractivity contribution >= 4 is 34.0 Å². The molecule has 1 aromatic carbocycles. The number of piperidine rings is 2. The van der Waals surface area contributed by atoms with Gasteiger partial charge in [-0.25, -0.2) is 8.42 Å². The van der Waals surface area contributed by atoms with Gasteiger partial charge in [0.1, 0.15) is 0 Å². The first-order chi connectivity index (χ1) is 12.0. The normalized spacial score (nSPS) is 21.7.